The molecule has 17 heavy (non-hydrogen) atoms. The van der Waals surface area contributed by atoms with E-state index < -0.39 is 0 Å². The van der Waals surface area contributed by atoms with E-state index in [1.165, 1.54) is 16.7 Å². The average Bonchev–Trinajstić information content (AvgIpc) is 2.86. The lowest BCUT2D eigenvalue weighted by Crippen LogP contribution is -1.95. The van der Waals surface area contributed by atoms with E-state index in [9.17, 15) is 0 Å². The summed E-state index contributed by atoms with van der Waals surface area (Å²) in [5.41, 5.74) is 10.4. The minimum absolute atomic E-state index is 0.588. The molecule has 2 N–H and O–H groups in total. The van der Waals surface area contributed by atoms with Crippen molar-refractivity contribution in [3.8, 4) is 16.9 Å². The van der Waals surface area contributed by atoms with Crippen LogP contribution in [0.3, 0.4) is 0 Å². The van der Waals surface area contributed by atoms with Crippen molar-refractivity contribution >= 4 is 0 Å². The van der Waals surface area contributed by atoms with Gasteiger partial charge in [0.15, 0.2) is 0 Å². The van der Waals surface area contributed by atoms with Crippen LogP contribution in [0, 0.1) is 6.07 Å². The third-order valence-electron chi connectivity index (χ3n) is 3.12. The summed E-state index contributed by atoms with van der Waals surface area (Å²) in [6, 6.07) is 15.7. The Labute approximate surface area is 101 Å². The summed E-state index contributed by atoms with van der Waals surface area (Å²) >= 11 is 0. The number of hydrogen-bond donors (Lipinski definition) is 1. The highest BCUT2D eigenvalue weighted by molar-refractivity contribution is 5.66. The predicted octanol–water partition coefficient (Wildman–Crippen LogP) is 2.55. The van der Waals surface area contributed by atoms with Gasteiger partial charge in [0.1, 0.15) is 5.75 Å². The van der Waals surface area contributed by atoms with Gasteiger partial charge in [-0.3, -0.25) is 0 Å². The molecule has 85 valence electrons. The van der Waals surface area contributed by atoms with Gasteiger partial charge in [-0.2, -0.15) is 0 Å². The van der Waals surface area contributed by atoms with Crippen molar-refractivity contribution in [3.05, 3.63) is 53.6 Å². The summed E-state index contributed by atoms with van der Waals surface area (Å²) in [5.74, 6) is 0.910. The zero-order valence-electron chi connectivity index (χ0n) is 9.57. The fourth-order valence-electron chi connectivity index (χ4n) is 2.11. The largest absolute Gasteiger partial charge is 0.492 e. The molecule has 0 atom stereocenters. The van der Waals surface area contributed by atoms with Crippen LogP contribution in [-0.4, -0.2) is 6.61 Å². The highest BCUT2D eigenvalue weighted by Crippen LogP contribution is 2.29. The van der Waals surface area contributed by atoms with Crippen LogP contribution in [0.2, 0.25) is 0 Å². The van der Waals surface area contributed by atoms with Crippen molar-refractivity contribution in [3.63, 3.8) is 0 Å². The lowest BCUT2D eigenvalue weighted by molar-refractivity contribution is 0.356. The maximum Gasteiger partial charge on any atom is 0.130 e. The monoisotopic (exact) mass is 224 g/mol. The minimum Gasteiger partial charge on any atom is -0.492 e. The molecular weight excluding hydrogens is 210 g/mol. The molecule has 1 aliphatic rings. The van der Waals surface area contributed by atoms with Crippen LogP contribution < -0.4 is 10.5 Å². The van der Waals surface area contributed by atoms with Gasteiger partial charge in [0, 0.05) is 19.0 Å². The molecule has 0 fully saturated rings. The number of fused-ring (bicyclic) bond motifs is 1. The van der Waals surface area contributed by atoms with E-state index in [1.54, 1.807) is 0 Å². The molecule has 1 heterocycles. The molecular formula is C15H14NO. The Morgan fingerprint density at radius 2 is 2.00 bits per heavy atom. The van der Waals surface area contributed by atoms with Crippen LogP contribution in [-0.2, 0) is 13.0 Å². The topological polar surface area (TPSA) is 35.2 Å². The zero-order chi connectivity index (χ0) is 11.7. The third-order valence-corrected chi connectivity index (χ3v) is 3.12. The maximum absolute atomic E-state index is 5.59. The van der Waals surface area contributed by atoms with Crippen LogP contribution in [0.15, 0.2) is 36.4 Å². The molecule has 3 rings (SSSR count). The molecule has 2 nitrogen and oxygen atoms in total. The van der Waals surface area contributed by atoms with Gasteiger partial charge in [-0.25, -0.2) is 0 Å². The summed E-state index contributed by atoms with van der Waals surface area (Å²) in [6.07, 6.45) is 0.987. The van der Waals surface area contributed by atoms with Crippen molar-refractivity contribution in [2.45, 2.75) is 13.0 Å². The first-order chi connectivity index (χ1) is 8.36. The quantitative estimate of drug-likeness (QED) is 0.850. The highest BCUT2D eigenvalue weighted by Gasteiger charge is 2.12. The molecule has 0 aromatic heterocycles. The second kappa shape index (κ2) is 4.22. The molecule has 1 radical (unpaired) electrons. The molecule has 0 aliphatic carbocycles. The number of ether oxygens (including phenoxy) is 1. The number of hydrogen-bond acceptors (Lipinski definition) is 2. The van der Waals surface area contributed by atoms with E-state index in [-0.39, 0.29) is 0 Å². The second-order valence-electron chi connectivity index (χ2n) is 4.24. The molecule has 0 amide bonds. The zero-order valence-corrected chi connectivity index (χ0v) is 9.57. The van der Waals surface area contributed by atoms with Gasteiger partial charge in [0.2, 0.25) is 0 Å². The van der Waals surface area contributed by atoms with Crippen molar-refractivity contribution < 1.29 is 4.74 Å². The number of rotatable bonds is 2. The van der Waals surface area contributed by atoms with Crippen LogP contribution in [0.25, 0.3) is 11.1 Å². The third kappa shape index (κ3) is 1.92. The minimum atomic E-state index is 0.588. The number of nitrogens with two attached hydrogens (primary N) is 1. The standard InChI is InChI=1S/C15H14NO/c16-10-11-1-3-12(4-2-11)13-5-6-15-14(9-13)7-8-17-15/h1-5,9H,7-8,10,16H2. The van der Waals surface area contributed by atoms with Gasteiger partial charge in [0.05, 0.1) is 6.61 Å². The van der Waals surface area contributed by atoms with E-state index in [0.29, 0.717) is 6.54 Å². The molecule has 2 aromatic rings. The Balaban J connectivity index is 1.97. The predicted molar refractivity (Wildman–Crippen MR) is 67.8 cm³/mol. The summed E-state index contributed by atoms with van der Waals surface area (Å²) in [4.78, 5) is 0. The van der Waals surface area contributed by atoms with E-state index in [2.05, 4.69) is 36.4 Å². The summed E-state index contributed by atoms with van der Waals surface area (Å²) in [5, 5.41) is 0. The van der Waals surface area contributed by atoms with Crippen LogP contribution in [0.1, 0.15) is 11.1 Å². The Hall–Kier alpha value is -1.80. The molecule has 0 saturated heterocycles. The fourth-order valence-corrected chi connectivity index (χ4v) is 2.11. The van der Waals surface area contributed by atoms with E-state index >= 15 is 0 Å². The first-order valence-corrected chi connectivity index (χ1v) is 5.83. The summed E-state index contributed by atoms with van der Waals surface area (Å²) < 4.78 is 5.45. The number of benzene rings is 2. The van der Waals surface area contributed by atoms with E-state index in [1.807, 2.05) is 6.07 Å². The Bertz CT molecular complexity index is 531. The van der Waals surface area contributed by atoms with Gasteiger partial charge in [0.25, 0.3) is 0 Å². The van der Waals surface area contributed by atoms with Crippen LogP contribution in [0.4, 0.5) is 0 Å². The van der Waals surface area contributed by atoms with Crippen molar-refractivity contribution in [2.75, 3.05) is 6.61 Å². The lowest BCUT2D eigenvalue weighted by atomic mass is 10.0. The molecule has 2 heteroatoms. The Morgan fingerprint density at radius 3 is 2.76 bits per heavy atom. The lowest BCUT2D eigenvalue weighted by Gasteiger charge is -2.05. The van der Waals surface area contributed by atoms with Crippen molar-refractivity contribution in [1.82, 2.24) is 0 Å². The molecule has 0 spiro atoms. The first-order valence-electron chi connectivity index (χ1n) is 5.83. The summed E-state index contributed by atoms with van der Waals surface area (Å²) in [6.45, 7) is 1.37. The molecule has 0 unspecified atom stereocenters. The molecule has 0 bridgehead atoms. The SMILES string of the molecule is NCc1ccc(-c2c[c]c3c(c2)CCO3)cc1. The van der Waals surface area contributed by atoms with Crippen molar-refractivity contribution in [2.24, 2.45) is 5.73 Å². The second-order valence-corrected chi connectivity index (χ2v) is 4.24. The average molecular weight is 224 g/mol. The van der Waals surface area contributed by atoms with Gasteiger partial charge in [-0.15, -0.1) is 0 Å². The highest BCUT2D eigenvalue weighted by atomic mass is 16.5. The van der Waals surface area contributed by atoms with Gasteiger partial charge in [-0.05, 0) is 34.4 Å². The van der Waals surface area contributed by atoms with Gasteiger partial charge >= 0.3 is 0 Å². The van der Waals surface area contributed by atoms with Crippen LogP contribution in [0.5, 0.6) is 5.75 Å². The first kappa shape index (κ1) is 10.4. The molecule has 2 aromatic carbocycles. The summed E-state index contributed by atoms with van der Waals surface area (Å²) in [7, 11) is 0. The fraction of sp³-hybridized carbons (Fsp3) is 0.200. The molecule has 0 saturated carbocycles. The Kier molecular flexibility index (Phi) is 2.57. The van der Waals surface area contributed by atoms with E-state index in [0.717, 1.165) is 24.3 Å². The Morgan fingerprint density at radius 1 is 1.18 bits per heavy atom. The van der Waals surface area contributed by atoms with E-state index in [4.69, 9.17) is 10.5 Å². The maximum atomic E-state index is 5.59. The van der Waals surface area contributed by atoms with Gasteiger partial charge in [-0.1, -0.05) is 24.3 Å². The smallest absolute Gasteiger partial charge is 0.130 e. The van der Waals surface area contributed by atoms with Gasteiger partial charge < -0.3 is 10.5 Å². The normalized spacial score (nSPS) is 13.2. The van der Waals surface area contributed by atoms with Crippen LogP contribution >= 0.6 is 0 Å². The molecule has 1 aliphatic heterocycles. The van der Waals surface area contributed by atoms with Crippen molar-refractivity contribution in [1.29, 1.82) is 0 Å².